The van der Waals surface area contributed by atoms with Gasteiger partial charge in [0.05, 0.1) is 17.4 Å². The van der Waals surface area contributed by atoms with Crippen molar-refractivity contribution in [3.8, 4) is 0 Å². The SMILES string of the molecule is Cc1c([C@@H]2CN(CC(C=Nc3ccnc(C(F)(F)F)c3)=CN)C[C@H](N)N2)ccc2c1COC2=O. The van der Waals surface area contributed by atoms with Gasteiger partial charge in [-0.05, 0) is 48.0 Å². The van der Waals surface area contributed by atoms with Gasteiger partial charge in [-0.1, -0.05) is 6.07 Å². The average molecular weight is 474 g/mol. The maximum absolute atomic E-state index is 12.9. The molecule has 8 nitrogen and oxygen atoms in total. The molecule has 1 aromatic carbocycles. The zero-order valence-corrected chi connectivity index (χ0v) is 18.5. The smallest absolute Gasteiger partial charge is 0.433 e. The number of hydrogen-bond acceptors (Lipinski definition) is 8. The van der Waals surface area contributed by atoms with Crippen LogP contribution in [0.1, 0.15) is 38.8 Å². The van der Waals surface area contributed by atoms with Crippen LogP contribution in [0.5, 0.6) is 0 Å². The third-order valence-corrected chi connectivity index (χ3v) is 5.93. The third-order valence-electron chi connectivity index (χ3n) is 5.93. The minimum Gasteiger partial charge on any atom is -0.457 e. The molecule has 34 heavy (non-hydrogen) atoms. The summed E-state index contributed by atoms with van der Waals surface area (Å²) in [4.78, 5) is 21.4. The van der Waals surface area contributed by atoms with Gasteiger partial charge in [-0.3, -0.25) is 20.2 Å². The molecule has 180 valence electrons. The molecule has 11 heteroatoms. The van der Waals surface area contributed by atoms with E-state index in [1.54, 1.807) is 6.07 Å². The summed E-state index contributed by atoms with van der Waals surface area (Å²) in [6.07, 6.45) is -0.962. The van der Waals surface area contributed by atoms with Crippen molar-refractivity contribution in [2.45, 2.75) is 31.9 Å². The Bertz CT molecular complexity index is 1150. The number of fused-ring (bicyclic) bond motifs is 1. The van der Waals surface area contributed by atoms with Crippen LogP contribution in [0.4, 0.5) is 18.9 Å². The molecule has 0 saturated carbocycles. The molecule has 0 unspecified atom stereocenters. The second-order valence-corrected chi connectivity index (χ2v) is 8.30. The zero-order chi connectivity index (χ0) is 24.5. The summed E-state index contributed by atoms with van der Waals surface area (Å²) < 4.78 is 43.8. The van der Waals surface area contributed by atoms with E-state index in [4.69, 9.17) is 16.2 Å². The largest absolute Gasteiger partial charge is 0.457 e. The maximum atomic E-state index is 12.9. The second kappa shape index (κ2) is 9.53. The van der Waals surface area contributed by atoms with Crippen molar-refractivity contribution in [2.75, 3.05) is 19.6 Å². The van der Waals surface area contributed by atoms with Crippen LogP contribution >= 0.6 is 0 Å². The molecule has 2 aliphatic rings. The quantitative estimate of drug-likeness (QED) is 0.450. The van der Waals surface area contributed by atoms with E-state index >= 15 is 0 Å². The van der Waals surface area contributed by atoms with Gasteiger partial charge in [-0.25, -0.2) is 4.79 Å². The number of nitrogens with zero attached hydrogens (tertiary/aromatic N) is 3. The van der Waals surface area contributed by atoms with Gasteiger partial charge in [-0.15, -0.1) is 0 Å². The fourth-order valence-electron chi connectivity index (χ4n) is 4.24. The van der Waals surface area contributed by atoms with Crippen LogP contribution in [-0.4, -0.2) is 47.9 Å². The molecule has 4 rings (SSSR count). The predicted octanol–water partition coefficient (Wildman–Crippen LogP) is 2.56. The minimum absolute atomic E-state index is 0.0877. The van der Waals surface area contributed by atoms with E-state index in [9.17, 15) is 18.0 Å². The second-order valence-electron chi connectivity index (χ2n) is 8.30. The van der Waals surface area contributed by atoms with Gasteiger partial charge >= 0.3 is 12.1 Å². The Morgan fingerprint density at radius 2 is 2.15 bits per heavy atom. The van der Waals surface area contributed by atoms with Gasteiger partial charge in [0.2, 0.25) is 0 Å². The van der Waals surface area contributed by atoms with Crippen molar-refractivity contribution in [2.24, 2.45) is 16.5 Å². The Kier molecular flexibility index (Phi) is 6.69. The molecule has 1 fully saturated rings. The van der Waals surface area contributed by atoms with Crippen molar-refractivity contribution in [3.63, 3.8) is 0 Å². The normalized spacial score (nSPS) is 21.7. The van der Waals surface area contributed by atoms with E-state index in [0.717, 1.165) is 29.0 Å². The van der Waals surface area contributed by atoms with Crippen LogP contribution < -0.4 is 16.8 Å². The van der Waals surface area contributed by atoms with Gasteiger partial charge in [0.25, 0.3) is 0 Å². The third kappa shape index (κ3) is 5.11. The van der Waals surface area contributed by atoms with Gasteiger partial charge in [0.1, 0.15) is 12.3 Å². The molecule has 1 aromatic heterocycles. The number of halogens is 3. The summed E-state index contributed by atoms with van der Waals surface area (Å²) in [6, 6.07) is 5.88. The van der Waals surface area contributed by atoms with E-state index < -0.39 is 11.9 Å². The highest BCUT2D eigenvalue weighted by atomic mass is 19.4. The number of nitrogens with two attached hydrogens (primary N) is 2. The van der Waals surface area contributed by atoms with E-state index in [0.29, 0.717) is 30.8 Å². The lowest BCUT2D eigenvalue weighted by Gasteiger charge is -2.38. The Hall–Kier alpha value is -3.28. The average Bonchev–Trinajstić information content (AvgIpc) is 3.17. The summed E-state index contributed by atoms with van der Waals surface area (Å²) in [5.74, 6) is -0.312. The molecule has 0 radical (unpaired) electrons. The number of carbonyl (C=O) groups is 1. The van der Waals surface area contributed by atoms with E-state index in [1.807, 2.05) is 13.0 Å². The highest BCUT2D eigenvalue weighted by Gasteiger charge is 2.33. The van der Waals surface area contributed by atoms with E-state index in [-0.39, 0.29) is 30.5 Å². The number of benzene rings is 1. The molecule has 3 heterocycles. The summed E-state index contributed by atoms with van der Waals surface area (Å²) in [7, 11) is 0. The van der Waals surface area contributed by atoms with E-state index in [1.165, 1.54) is 18.5 Å². The zero-order valence-electron chi connectivity index (χ0n) is 18.5. The predicted molar refractivity (Wildman–Crippen MR) is 120 cm³/mol. The first-order chi connectivity index (χ1) is 16.2. The van der Waals surface area contributed by atoms with Gasteiger partial charge in [0.15, 0.2) is 0 Å². The maximum Gasteiger partial charge on any atom is 0.433 e. The monoisotopic (exact) mass is 474 g/mol. The Morgan fingerprint density at radius 1 is 1.35 bits per heavy atom. The van der Waals surface area contributed by atoms with Crippen LogP contribution in [0.25, 0.3) is 0 Å². The minimum atomic E-state index is -4.54. The standard InChI is InChI=1S/C23H25F3N6O2/c1-13-16(2-3-17-18(13)12-34-22(17)33)19-10-32(11-21(28)31-19)9-14(7-27)8-30-15-4-5-29-20(6-15)23(24,25)26/h2-8,19,21,31H,9-12,27-28H2,1H3/t19-,21+/m0/s1. The number of hydrogen-bond donors (Lipinski definition) is 3. The van der Waals surface area contributed by atoms with Crippen LogP contribution in [0.2, 0.25) is 0 Å². The summed E-state index contributed by atoms with van der Waals surface area (Å²) in [6.45, 7) is 3.79. The number of pyridine rings is 1. The lowest BCUT2D eigenvalue weighted by molar-refractivity contribution is -0.141. The Labute approximate surface area is 194 Å². The van der Waals surface area contributed by atoms with Gasteiger partial charge in [-0.2, -0.15) is 13.2 Å². The Balaban J connectivity index is 1.47. The number of aromatic nitrogens is 1. The van der Waals surface area contributed by atoms with Crippen molar-refractivity contribution in [1.82, 2.24) is 15.2 Å². The molecule has 0 bridgehead atoms. The van der Waals surface area contributed by atoms with Crippen LogP contribution in [0, 0.1) is 6.92 Å². The number of alkyl halides is 3. The lowest BCUT2D eigenvalue weighted by atomic mass is 9.92. The molecule has 0 amide bonds. The van der Waals surface area contributed by atoms with Crippen LogP contribution in [0.3, 0.4) is 0 Å². The summed E-state index contributed by atoms with van der Waals surface area (Å²) in [5, 5.41) is 3.39. The fraction of sp³-hybridized carbons (Fsp3) is 0.348. The first kappa shape index (κ1) is 23.9. The number of carbonyl (C=O) groups excluding carboxylic acids is 1. The summed E-state index contributed by atoms with van der Waals surface area (Å²) in [5.41, 5.74) is 15.3. The number of aliphatic imine (C=N–C) groups is 1. The molecule has 1 saturated heterocycles. The number of rotatable bonds is 5. The number of ether oxygens (including phenoxy) is 1. The van der Waals surface area contributed by atoms with Crippen LogP contribution in [-0.2, 0) is 17.5 Å². The number of piperazine rings is 1. The van der Waals surface area contributed by atoms with Crippen molar-refractivity contribution in [1.29, 1.82) is 0 Å². The van der Waals surface area contributed by atoms with Crippen LogP contribution in [0.15, 0.2) is 47.2 Å². The van der Waals surface area contributed by atoms with Crippen molar-refractivity contribution < 1.29 is 22.7 Å². The molecule has 2 atom stereocenters. The molecular formula is C23H25F3N6O2. The molecule has 2 aromatic rings. The molecule has 2 aliphatic heterocycles. The van der Waals surface area contributed by atoms with Crippen molar-refractivity contribution >= 4 is 17.9 Å². The first-order valence-electron chi connectivity index (χ1n) is 10.7. The van der Waals surface area contributed by atoms with Gasteiger partial charge < -0.3 is 16.2 Å². The number of cyclic esters (lactones) is 1. The highest BCUT2D eigenvalue weighted by molar-refractivity contribution is 5.94. The highest BCUT2D eigenvalue weighted by Crippen LogP contribution is 2.31. The fourth-order valence-corrected chi connectivity index (χ4v) is 4.24. The number of nitrogens with one attached hydrogen (secondary N) is 1. The molecule has 0 spiro atoms. The molecular weight excluding hydrogens is 449 g/mol. The molecule has 0 aliphatic carbocycles. The first-order valence-corrected chi connectivity index (χ1v) is 10.7. The van der Waals surface area contributed by atoms with Crippen molar-refractivity contribution in [3.05, 3.63) is 70.2 Å². The summed E-state index contributed by atoms with van der Waals surface area (Å²) >= 11 is 0. The molecule has 5 N–H and O–H groups in total. The lowest BCUT2D eigenvalue weighted by Crippen LogP contribution is -2.56. The Morgan fingerprint density at radius 3 is 2.88 bits per heavy atom. The topological polar surface area (TPSA) is 119 Å². The van der Waals surface area contributed by atoms with E-state index in [2.05, 4.69) is 20.2 Å². The van der Waals surface area contributed by atoms with Gasteiger partial charge in [0, 0.05) is 43.7 Å². The number of esters is 1.